The number of nitriles is 1. The number of rotatable bonds is 9. The Morgan fingerprint density at radius 2 is 1.83 bits per heavy atom. The van der Waals surface area contributed by atoms with Crippen LogP contribution in [-0.2, 0) is 19.1 Å². The molecule has 1 heterocycles. The third-order valence-corrected chi connectivity index (χ3v) is 6.41. The molecule has 0 aliphatic carbocycles. The van der Waals surface area contributed by atoms with Crippen molar-refractivity contribution in [3.05, 3.63) is 70.3 Å². The molecule has 1 aliphatic heterocycles. The second-order valence-electron chi connectivity index (χ2n) is 7.67. The third kappa shape index (κ3) is 6.03. The minimum absolute atomic E-state index is 0.0426. The van der Waals surface area contributed by atoms with E-state index in [4.69, 9.17) is 9.47 Å². The molecule has 182 valence electrons. The molecule has 2 aromatic rings. The van der Waals surface area contributed by atoms with Gasteiger partial charge in [-0.15, -0.1) is 0 Å². The molecule has 0 saturated heterocycles. The van der Waals surface area contributed by atoms with E-state index in [2.05, 4.69) is 16.7 Å². The van der Waals surface area contributed by atoms with Gasteiger partial charge in [-0.1, -0.05) is 48.2 Å². The molecule has 3 rings (SSSR count). The van der Waals surface area contributed by atoms with E-state index in [1.165, 1.54) is 0 Å². The molecule has 0 spiro atoms. The van der Waals surface area contributed by atoms with Crippen molar-refractivity contribution in [3.8, 4) is 11.8 Å². The van der Waals surface area contributed by atoms with Gasteiger partial charge in [-0.05, 0) is 38.5 Å². The summed E-state index contributed by atoms with van der Waals surface area (Å²) in [6.45, 7) is 5.82. The standard InChI is InChI=1S/C26H27N3O5S/c1-4-33-20-13-9-7-11-17(20)22-18(14-27)25(29-24(31)23(22)26(32)34-5-2)35-15-21(30)28-19-12-8-6-10-16(19)3/h6-13,22-23H,4-5,15H2,1-3H3,(H,28,30)(H,29,31)/t22-,23-/m1/s1. The van der Waals surface area contributed by atoms with E-state index < -0.39 is 23.7 Å². The highest BCUT2D eigenvalue weighted by molar-refractivity contribution is 8.03. The zero-order valence-electron chi connectivity index (χ0n) is 19.8. The Bertz CT molecular complexity index is 1190. The Hall–Kier alpha value is -3.77. The highest BCUT2D eigenvalue weighted by Crippen LogP contribution is 2.43. The topological polar surface area (TPSA) is 118 Å². The average Bonchev–Trinajstić information content (AvgIpc) is 2.84. The van der Waals surface area contributed by atoms with E-state index in [0.29, 0.717) is 23.6 Å². The zero-order chi connectivity index (χ0) is 25.4. The van der Waals surface area contributed by atoms with Crippen molar-refractivity contribution in [1.29, 1.82) is 5.26 Å². The highest BCUT2D eigenvalue weighted by atomic mass is 32.2. The maximum atomic E-state index is 13.1. The van der Waals surface area contributed by atoms with Gasteiger partial charge in [0.2, 0.25) is 11.8 Å². The van der Waals surface area contributed by atoms with Crippen LogP contribution in [0.25, 0.3) is 0 Å². The molecular formula is C26H27N3O5S. The maximum Gasteiger partial charge on any atom is 0.319 e. The number of hydrogen-bond acceptors (Lipinski definition) is 7. The second-order valence-corrected chi connectivity index (χ2v) is 8.66. The molecule has 0 unspecified atom stereocenters. The molecule has 35 heavy (non-hydrogen) atoms. The largest absolute Gasteiger partial charge is 0.494 e. The maximum absolute atomic E-state index is 13.1. The number of esters is 1. The third-order valence-electron chi connectivity index (χ3n) is 5.39. The molecule has 2 atom stereocenters. The fourth-order valence-electron chi connectivity index (χ4n) is 3.82. The first-order valence-corrected chi connectivity index (χ1v) is 12.2. The first kappa shape index (κ1) is 25.8. The number of amides is 2. The van der Waals surface area contributed by atoms with Crippen molar-refractivity contribution in [3.63, 3.8) is 0 Å². The average molecular weight is 494 g/mol. The number of carbonyl (C=O) groups is 3. The number of nitrogens with one attached hydrogen (secondary N) is 2. The SMILES string of the molecule is CCOC(=O)[C@H]1C(=O)NC(SCC(=O)Nc2ccccc2C)=C(C#N)[C@H]1c1ccccc1OCC. The van der Waals surface area contributed by atoms with Crippen molar-refractivity contribution in [1.82, 2.24) is 5.32 Å². The Balaban J connectivity index is 1.96. The van der Waals surface area contributed by atoms with Crippen LogP contribution in [0.15, 0.2) is 59.1 Å². The smallest absolute Gasteiger partial charge is 0.319 e. The summed E-state index contributed by atoms with van der Waals surface area (Å²) in [5.74, 6) is -3.37. The Labute approximate surface area is 208 Å². The zero-order valence-corrected chi connectivity index (χ0v) is 20.6. The first-order valence-electron chi connectivity index (χ1n) is 11.2. The number of nitrogens with zero attached hydrogens (tertiary/aromatic N) is 1. The number of benzene rings is 2. The highest BCUT2D eigenvalue weighted by Gasteiger charge is 2.45. The van der Waals surface area contributed by atoms with Gasteiger partial charge in [0.15, 0.2) is 0 Å². The molecule has 0 bridgehead atoms. The van der Waals surface area contributed by atoms with Crippen LogP contribution in [0.1, 0.15) is 30.9 Å². The predicted molar refractivity (Wildman–Crippen MR) is 134 cm³/mol. The number of thioether (sulfide) groups is 1. The molecule has 2 aromatic carbocycles. The summed E-state index contributed by atoms with van der Waals surface area (Å²) in [7, 11) is 0. The van der Waals surface area contributed by atoms with Gasteiger partial charge in [0.25, 0.3) is 0 Å². The van der Waals surface area contributed by atoms with Crippen LogP contribution in [0.3, 0.4) is 0 Å². The first-order chi connectivity index (χ1) is 16.9. The number of ether oxygens (including phenoxy) is 2. The molecule has 0 radical (unpaired) electrons. The quantitative estimate of drug-likeness (QED) is 0.402. The van der Waals surface area contributed by atoms with Crippen molar-refractivity contribution >= 4 is 35.2 Å². The van der Waals surface area contributed by atoms with Crippen LogP contribution in [0.2, 0.25) is 0 Å². The van der Waals surface area contributed by atoms with Gasteiger partial charge in [-0.2, -0.15) is 5.26 Å². The fraction of sp³-hybridized carbons (Fsp3) is 0.308. The lowest BCUT2D eigenvalue weighted by Crippen LogP contribution is -2.44. The molecule has 0 fully saturated rings. The monoisotopic (exact) mass is 493 g/mol. The summed E-state index contributed by atoms with van der Waals surface area (Å²) in [5.41, 5.74) is 2.30. The van der Waals surface area contributed by atoms with Gasteiger partial charge in [0.05, 0.1) is 35.6 Å². The summed E-state index contributed by atoms with van der Waals surface area (Å²) in [4.78, 5) is 38.5. The summed E-state index contributed by atoms with van der Waals surface area (Å²) >= 11 is 1.03. The summed E-state index contributed by atoms with van der Waals surface area (Å²) in [5, 5.41) is 15.8. The normalized spacial score (nSPS) is 17.3. The number of anilines is 1. The number of para-hydroxylation sites is 2. The van der Waals surface area contributed by atoms with Gasteiger partial charge >= 0.3 is 5.97 Å². The lowest BCUT2D eigenvalue weighted by molar-refractivity contribution is -0.152. The van der Waals surface area contributed by atoms with E-state index in [1.807, 2.05) is 32.0 Å². The molecule has 0 saturated carbocycles. The molecule has 2 amide bonds. The van der Waals surface area contributed by atoms with E-state index in [0.717, 1.165) is 17.3 Å². The van der Waals surface area contributed by atoms with E-state index in [9.17, 15) is 19.6 Å². The Kier molecular flexibility index (Phi) is 8.92. The minimum Gasteiger partial charge on any atom is -0.494 e. The van der Waals surface area contributed by atoms with Crippen LogP contribution >= 0.6 is 11.8 Å². The van der Waals surface area contributed by atoms with Gasteiger partial charge < -0.3 is 20.1 Å². The van der Waals surface area contributed by atoms with Crippen molar-refractivity contribution in [2.45, 2.75) is 26.7 Å². The summed E-state index contributed by atoms with van der Waals surface area (Å²) < 4.78 is 10.9. The molecule has 0 aromatic heterocycles. The van der Waals surface area contributed by atoms with E-state index in [1.54, 1.807) is 37.3 Å². The van der Waals surface area contributed by atoms with Gasteiger partial charge in [-0.25, -0.2) is 0 Å². The van der Waals surface area contributed by atoms with Crippen molar-refractivity contribution in [2.75, 3.05) is 24.3 Å². The molecular weight excluding hydrogens is 466 g/mol. The molecule has 8 nitrogen and oxygen atoms in total. The lowest BCUT2D eigenvalue weighted by Gasteiger charge is -2.32. The van der Waals surface area contributed by atoms with Crippen LogP contribution < -0.4 is 15.4 Å². The minimum atomic E-state index is -1.27. The number of aryl methyl sites for hydroxylation is 1. The number of carbonyl (C=O) groups excluding carboxylic acids is 3. The Morgan fingerprint density at radius 1 is 1.11 bits per heavy atom. The van der Waals surface area contributed by atoms with Crippen LogP contribution in [0.5, 0.6) is 5.75 Å². The molecule has 2 N–H and O–H groups in total. The number of allylic oxidation sites excluding steroid dienone is 1. The number of hydrogen-bond donors (Lipinski definition) is 2. The van der Waals surface area contributed by atoms with Crippen molar-refractivity contribution in [2.24, 2.45) is 5.92 Å². The second kappa shape index (κ2) is 12.1. The van der Waals surface area contributed by atoms with Gasteiger partial charge in [0, 0.05) is 17.2 Å². The Morgan fingerprint density at radius 3 is 2.51 bits per heavy atom. The van der Waals surface area contributed by atoms with Crippen molar-refractivity contribution < 1.29 is 23.9 Å². The summed E-state index contributed by atoms with van der Waals surface area (Å²) in [6.07, 6.45) is 0. The van der Waals surface area contributed by atoms with Gasteiger partial charge in [0.1, 0.15) is 11.7 Å². The van der Waals surface area contributed by atoms with Crippen LogP contribution in [0.4, 0.5) is 5.69 Å². The predicted octanol–water partition coefficient (Wildman–Crippen LogP) is 3.89. The van der Waals surface area contributed by atoms with Crippen LogP contribution in [0, 0.1) is 24.2 Å². The molecule has 1 aliphatic rings. The van der Waals surface area contributed by atoms with Crippen LogP contribution in [-0.4, -0.2) is 36.8 Å². The van der Waals surface area contributed by atoms with E-state index in [-0.39, 0.29) is 28.9 Å². The lowest BCUT2D eigenvalue weighted by atomic mass is 9.78. The summed E-state index contributed by atoms with van der Waals surface area (Å²) in [6, 6.07) is 16.5. The van der Waals surface area contributed by atoms with E-state index >= 15 is 0 Å². The molecule has 9 heteroatoms. The van der Waals surface area contributed by atoms with Gasteiger partial charge in [-0.3, -0.25) is 14.4 Å². The fourth-order valence-corrected chi connectivity index (χ4v) is 4.67.